The number of rotatable bonds is 0. The predicted molar refractivity (Wildman–Crippen MR) is 49.1 cm³/mol. The van der Waals surface area contributed by atoms with E-state index in [0.29, 0.717) is 10.9 Å². The zero-order valence-corrected chi connectivity index (χ0v) is 8.30. The highest BCUT2D eigenvalue weighted by Gasteiger charge is 2.30. The first-order valence-electron chi connectivity index (χ1n) is 3.69. The van der Waals surface area contributed by atoms with Crippen molar-refractivity contribution in [3.05, 3.63) is 30.0 Å². The molecule has 0 fully saturated rings. The van der Waals surface area contributed by atoms with Crippen molar-refractivity contribution in [2.24, 2.45) is 0 Å². The molecule has 2 rings (SSSR count). The summed E-state index contributed by atoms with van der Waals surface area (Å²) in [5.74, 6) is 0. The topological polar surface area (TPSA) is 17.8 Å². The molecule has 0 aliphatic carbocycles. The molecule has 1 aromatic heterocycles. The van der Waals surface area contributed by atoms with Gasteiger partial charge in [0.1, 0.15) is 0 Å². The van der Waals surface area contributed by atoms with E-state index in [4.69, 9.17) is 0 Å². The highest BCUT2D eigenvalue weighted by molar-refractivity contribution is 9.08. The molecular weight excluding hydrogens is 261 g/mol. The maximum absolute atomic E-state index is 12.3. The molecule has 0 aliphatic rings. The van der Waals surface area contributed by atoms with Gasteiger partial charge in [-0.1, -0.05) is 6.07 Å². The molecule has 0 saturated heterocycles. The first kappa shape index (κ1) is 9.51. The fraction of sp³-hybridized carbons (Fsp3) is 0.125. The van der Waals surface area contributed by atoms with Gasteiger partial charge in [-0.3, -0.25) is 0 Å². The van der Waals surface area contributed by atoms with Crippen LogP contribution < -0.4 is 0 Å². The first-order chi connectivity index (χ1) is 6.48. The van der Waals surface area contributed by atoms with Crippen LogP contribution in [0.1, 0.15) is 5.56 Å². The summed E-state index contributed by atoms with van der Waals surface area (Å²) < 4.78 is 38.2. The molecule has 74 valence electrons. The summed E-state index contributed by atoms with van der Waals surface area (Å²) in [5.41, 5.74) is -0.272. The third-order valence-electron chi connectivity index (χ3n) is 1.85. The second-order valence-corrected chi connectivity index (χ2v) is 3.45. The van der Waals surface area contributed by atoms with Crippen molar-refractivity contribution in [2.75, 3.05) is 0 Å². The van der Waals surface area contributed by atoms with E-state index in [2.05, 4.69) is 21.2 Å². The van der Waals surface area contributed by atoms with E-state index in [0.717, 1.165) is 12.1 Å². The van der Waals surface area contributed by atoms with Crippen LogP contribution in [0.2, 0.25) is 0 Å². The van der Waals surface area contributed by atoms with Crippen molar-refractivity contribution < 1.29 is 13.2 Å². The lowest BCUT2D eigenvalue weighted by molar-refractivity contribution is -0.137. The Kier molecular flexibility index (Phi) is 2.02. The zero-order valence-electron chi connectivity index (χ0n) is 6.72. The number of halogens is 4. The monoisotopic (exact) mass is 264 g/mol. The van der Waals surface area contributed by atoms with Crippen molar-refractivity contribution in [2.45, 2.75) is 6.18 Å². The fourth-order valence-corrected chi connectivity index (χ4v) is 1.56. The number of benzene rings is 1. The van der Waals surface area contributed by atoms with Gasteiger partial charge in [-0.15, -0.1) is 0 Å². The third-order valence-corrected chi connectivity index (χ3v) is 2.42. The van der Waals surface area contributed by atoms with Gasteiger partial charge in [-0.25, -0.2) is 0 Å². The molecule has 0 amide bonds. The Morgan fingerprint density at radius 2 is 2.00 bits per heavy atom. The Morgan fingerprint density at radius 1 is 1.29 bits per heavy atom. The first-order valence-corrected chi connectivity index (χ1v) is 4.40. The van der Waals surface area contributed by atoms with Crippen LogP contribution in [0.3, 0.4) is 0 Å². The quantitative estimate of drug-likeness (QED) is 0.715. The van der Waals surface area contributed by atoms with Crippen LogP contribution in [-0.4, -0.2) is 8.81 Å². The van der Waals surface area contributed by atoms with Crippen molar-refractivity contribution in [1.29, 1.82) is 0 Å². The fourth-order valence-electron chi connectivity index (χ4n) is 1.16. The average Bonchev–Trinajstić information content (AvgIpc) is 2.46. The van der Waals surface area contributed by atoms with Crippen LogP contribution in [0.15, 0.2) is 24.4 Å². The number of aromatic nitrogens is 2. The SMILES string of the molecule is FC(F)(F)c1ccc2cnn(Br)c2c1. The molecule has 2 aromatic rings. The normalized spacial score (nSPS) is 12.3. The van der Waals surface area contributed by atoms with Gasteiger partial charge in [-0.2, -0.15) is 22.0 Å². The van der Waals surface area contributed by atoms with Crippen LogP contribution in [0.4, 0.5) is 13.2 Å². The zero-order chi connectivity index (χ0) is 10.3. The van der Waals surface area contributed by atoms with Crippen LogP contribution >= 0.6 is 16.1 Å². The molecule has 2 nitrogen and oxygen atoms in total. The Bertz CT molecular complexity index is 475. The van der Waals surface area contributed by atoms with Gasteiger partial charge in [0, 0.05) is 5.39 Å². The molecule has 0 saturated carbocycles. The average molecular weight is 265 g/mol. The van der Waals surface area contributed by atoms with Gasteiger partial charge in [0.25, 0.3) is 0 Å². The summed E-state index contributed by atoms with van der Waals surface area (Å²) in [7, 11) is 0. The molecule has 0 atom stereocenters. The van der Waals surface area contributed by atoms with Crippen LogP contribution in [0.25, 0.3) is 10.9 Å². The van der Waals surface area contributed by atoms with E-state index in [1.54, 1.807) is 0 Å². The Balaban J connectivity index is 2.66. The lowest BCUT2D eigenvalue weighted by Gasteiger charge is -2.05. The highest BCUT2D eigenvalue weighted by Crippen LogP contribution is 2.31. The minimum absolute atomic E-state index is 0.403. The van der Waals surface area contributed by atoms with Gasteiger partial charge in [-0.05, 0) is 12.1 Å². The second kappa shape index (κ2) is 2.98. The largest absolute Gasteiger partial charge is 0.416 e. The Hall–Kier alpha value is -1.04. The lowest BCUT2D eigenvalue weighted by Crippen LogP contribution is -2.04. The molecule has 1 aromatic carbocycles. The highest BCUT2D eigenvalue weighted by atomic mass is 79.9. The summed E-state index contributed by atoms with van der Waals surface area (Å²) in [6.45, 7) is 0. The summed E-state index contributed by atoms with van der Waals surface area (Å²) in [6.07, 6.45) is -2.82. The van der Waals surface area contributed by atoms with Gasteiger partial charge >= 0.3 is 6.18 Å². The van der Waals surface area contributed by atoms with Gasteiger partial charge in [0.05, 0.1) is 33.4 Å². The summed E-state index contributed by atoms with van der Waals surface area (Å²) in [4.78, 5) is 0. The number of hydrogen-bond acceptors (Lipinski definition) is 1. The van der Waals surface area contributed by atoms with E-state index in [9.17, 15) is 13.2 Å². The van der Waals surface area contributed by atoms with Crippen LogP contribution in [-0.2, 0) is 6.18 Å². The smallest absolute Gasteiger partial charge is 0.197 e. The standard InChI is InChI=1S/C8H4BrF3N2/c9-14-7-3-6(8(10,11)12)2-1-5(7)4-13-14/h1-4H. The molecule has 0 spiro atoms. The Morgan fingerprint density at radius 3 is 2.64 bits per heavy atom. The van der Waals surface area contributed by atoms with Crippen molar-refractivity contribution in [3.63, 3.8) is 0 Å². The minimum Gasteiger partial charge on any atom is -0.197 e. The number of alkyl halides is 3. The van der Waals surface area contributed by atoms with Crippen LogP contribution in [0, 0.1) is 0 Å². The van der Waals surface area contributed by atoms with Gasteiger partial charge < -0.3 is 0 Å². The van der Waals surface area contributed by atoms with Crippen LogP contribution in [0.5, 0.6) is 0 Å². The molecule has 6 heteroatoms. The van der Waals surface area contributed by atoms with E-state index in [1.807, 2.05) is 0 Å². The molecule has 0 bridgehead atoms. The number of nitrogens with zero attached hydrogens (tertiary/aromatic N) is 2. The molecule has 14 heavy (non-hydrogen) atoms. The predicted octanol–water partition coefficient (Wildman–Crippen LogP) is 3.21. The summed E-state index contributed by atoms with van der Waals surface area (Å²) in [6, 6.07) is 3.48. The Labute approximate surface area is 85.7 Å². The van der Waals surface area contributed by atoms with E-state index in [1.165, 1.54) is 16.0 Å². The van der Waals surface area contributed by atoms with E-state index in [-0.39, 0.29) is 0 Å². The summed E-state index contributed by atoms with van der Waals surface area (Å²) >= 11 is 3.01. The minimum atomic E-state index is -4.31. The molecule has 0 N–H and O–H groups in total. The maximum atomic E-state index is 12.3. The number of fused-ring (bicyclic) bond motifs is 1. The maximum Gasteiger partial charge on any atom is 0.416 e. The van der Waals surface area contributed by atoms with E-state index < -0.39 is 11.7 Å². The van der Waals surface area contributed by atoms with Crippen molar-refractivity contribution >= 4 is 27.1 Å². The molecular formula is C8H4BrF3N2. The van der Waals surface area contributed by atoms with Gasteiger partial charge in [0.15, 0.2) is 0 Å². The third kappa shape index (κ3) is 1.50. The molecule has 0 radical (unpaired) electrons. The van der Waals surface area contributed by atoms with Gasteiger partial charge in [0.2, 0.25) is 0 Å². The lowest BCUT2D eigenvalue weighted by atomic mass is 10.1. The van der Waals surface area contributed by atoms with Crippen molar-refractivity contribution in [1.82, 2.24) is 8.81 Å². The molecule has 0 aliphatic heterocycles. The van der Waals surface area contributed by atoms with E-state index >= 15 is 0 Å². The molecule has 0 unspecified atom stereocenters. The number of hydrogen-bond donors (Lipinski definition) is 0. The second-order valence-electron chi connectivity index (χ2n) is 2.78. The molecule has 1 heterocycles. The summed E-state index contributed by atoms with van der Waals surface area (Å²) in [5, 5.41) is 4.45. The van der Waals surface area contributed by atoms with Crippen molar-refractivity contribution in [3.8, 4) is 0 Å².